The molecule has 0 rings (SSSR count). The molecule has 0 aromatic heterocycles. The minimum absolute atomic E-state index is 0.462. The van der Waals surface area contributed by atoms with Gasteiger partial charge in [-0.3, -0.25) is 0 Å². The fraction of sp³-hybridized carbons (Fsp3) is 1.00. The van der Waals surface area contributed by atoms with Crippen molar-refractivity contribution in [3.8, 4) is 0 Å². The minimum Gasteiger partial charge on any atom is -0.382 e. The average molecular weight is 267 g/mol. The molecule has 0 aliphatic heterocycles. The lowest BCUT2D eigenvalue weighted by molar-refractivity contribution is 0.0695. The van der Waals surface area contributed by atoms with Crippen LogP contribution in [0.3, 0.4) is 0 Å². The predicted octanol–water partition coefficient (Wildman–Crippen LogP) is 0.452. The number of rotatable bonds is 10. The average Bonchev–Trinajstić information content (AvgIpc) is 2.20. The van der Waals surface area contributed by atoms with E-state index in [9.17, 15) is 8.42 Å². The van der Waals surface area contributed by atoms with Gasteiger partial charge in [0.25, 0.3) is 0 Å². The molecule has 6 heteroatoms. The molecule has 0 radical (unpaired) electrons. The van der Waals surface area contributed by atoms with Gasteiger partial charge in [0.1, 0.15) is 0 Å². The molecule has 0 saturated carbocycles. The molecule has 0 unspecified atom stereocenters. The molecule has 0 atom stereocenters. The maximum Gasteiger partial charge on any atom is 0.153 e. The van der Waals surface area contributed by atoms with Crippen molar-refractivity contribution in [1.29, 1.82) is 0 Å². The van der Waals surface area contributed by atoms with Crippen LogP contribution in [-0.4, -0.2) is 59.4 Å². The van der Waals surface area contributed by atoms with Crippen LogP contribution >= 0.6 is 0 Å². The van der Waals surface area contributed by atoms with Crippen molar-refractivity contribution in [3.05, 3.63) is 0 Å². The summed E-state index contributed by atoms with van der Waals surface area (Å²) in [4.78, 5) is 0. The molecule has 0 heterocycles. The van der Waals surface area contributed by atoms with Gasteiger partial charge in [-0.15, -0.1) is 0 Å². The smallest absolute Gasteiger partial charge is 0.153 e. The van der Waals surface area contributed by atoms with Gasteiger partial charge < -0.3 is 14.8 Å². The van der Waals surface area contributed by atoms with E-state index in [0.717, 1.165) is 13.0 Å². The van der Waals surface area contributed by atoms with Gasteiger partial charge in [0.15, 0.2) is 9.84 Å². The number of ether oxygens (including phenoxy) is 2. The van der Waals surface area contributed by atoms with Crippen molar-refractivity contribution < 1.29 is 17.9 Å². The molecule has 0 aliphatic carbocycles. The summed E-state index contributed by atoms with van der Waals surface area (Å²) < 4.78 is 32.2. The first-order chi connectivity index (χ1) is 7.81. The molecule has 0 aromatic rings. The number of hydrogen-bond donors (Lipinski definition) is 1. The highest BCUT2D eigenvalue weighted by Gasteiger charge is 2.29. The van der Waals surface area contributed by atoms with Crippen LogP contribution < -0.4 is 5.32 Å². The second kappa shape index (κ2) is 8.02. The van der Waals surface area contributed by atoms with Crippen molar-refractivity contribution in [2.45, 2.75) is 25.0 Å². The van der Waals surface area contributed by atoms with Crippen LogP contribution in [0.4, 0.5) is 0 Å². The molecule has 0 bridgehead atoms. The van der Waals surface area contributed by atoms with E-state index in [1.54, 1.807) is 21.0 Å². The molecule has 0 fully saturated rings. The summed E-state index contributed by atoms with van der Waals surface area (Å²) in [5.41, 5.74) is 0. The van der Waals surface area contributed by atoms with Gasteiger partial charge in [-0.2, -0.15) is 0 Å². The zero-order chi connectivity index (χ0) is 13.4. The van der Waals surface area contributed by atoms with Crippen molar-refractivity contribution in [1.82, 2.24) is 5.32 Å². The molecule has 0 aromatic carbocycles. The first-order valence-corrected chi connectivity index (χ1v) is 7.67. The van der Waals surface area contributed by atoms with E-state index in [4.69, 9.17) is 9.47 Å². The highest BCUT2D eigenvalue weighted by atomic mass is 32.2. The van der Waals surface area contributed by atoms with Crippen LogP contribution in [0.2, 0.25) is 0 Å². The van der Waals surface area contributed by atoms with Gasteiger partial charge in [0.2, 0.25) is 0 Å². The lowest BCUT2D eigenvalue weighted by Crippen LogP contribution is -2.42. The van der Waals surface area contributed by atoms with Crippen LogP contribution in [0.15, 0.2) is 0 Å². The van der Waals surface area contributed by atoms with Gasteiger partial charge in [-0.25, -0.2) is 8.42 Å². The van der Waals surface area contributed by atoms with Crippen molar-refractivity contribution in [2.75, 3.05) is 46.3 Å². The maximum absolute atomic E-state index is 11.4. The molecule has 0 aliphatic rings. The molecular formula is C11H25NO4S. The van der Waals surface area contributed by atoms with Gasteiger partial charge in [0, 0.05) is 26.5 Å². The summed E-state index contributed by atoms with van der Waals surface area (Å²) in [7, 11) is -1.38. The van der Waals surface area contributed by atoms with E-state index in [1.807, 2.05) is 0 Å². The monoisotopic (exact) mass is 267 g/mol. The highest BCUT2D eigenvalue weighted by Crippen LogP contribution is 2.13. The Morgan fingerprint density at radius 3 is 2.35 bits per heavy atom. The number of nitrogens with one attached hydrogen (secondary N) is 1. The Morgan fingerprint density at radius 1 is 1.18 bits per heavy atom. The zero-order valence-corrected chi connectivity index (χ0v) is 12.1. The molecular weight excluding hydrogens is 242 g/mol. The number of methoxy groups -OCH3 is 1. The molecule has 0 spiro atoms. The fourth-order valence-electron chi connectivity index (χ4n) is 1.06. The number of sulfone groups is 1. The summed E-state index contributed by atoms with van der Waals surface area (Å²) in [5, 5.41) is 3.13. The lowest BCUT2D eigenvalue weighted by atomic mass is 10.2. The van der Waals surface area contributed by atoms with E-state index in [2.05, 4.69) is 5.32 Å². The van der Waals surface area contributed by atoms with Gasteiger partial charge in [-0.1, -0.05) is 0 Å². The summed E-state index contributed by atoms with van der Waals surface area (Å²) in [6.45, 7) is 6.54. The molecule has 1 N–H and O–H groups in total. The first kappa shape index (κ1) is 16.8. The van der Waals surface area contributed by atoms with Crippen LogP contribution in [0.1, 0.15) is 20.3 Å². The van der Waals surface area contributed by atoms with Gasteiger partial charge in [-0.05, 0) is 26.8 Å². The van der Waals surface area contributed by atoms with Crippen LogP contribution in [0.5, 0.6) is 0 Å². The zero-order valence-electron chi connectivity index (χ0n) is 11.3. The van der Waals surface area contributed by atoms with E-state index >= 15 is 0 Å². The van der Waals surface area contributed by atoms with Gasteiger partial charge in [0.05, 0.1) is 18.0 Å². The van der Waals surface area contributed by atoms with Crippen LogP contribution in [0, 0.1) is 0 Å². The Labute approximate surface area is 105 Å². The summed E-state index contributed by atoms with van der Waals surface area (Å²) in [5.74, 6) is 0. The lowest BCUT2D eigenvalue weighted by Gasteiger charge is -2.22. The van der Waals surface area contributed by atoms with Crippen molar-refractivity contribution in [2.24, 2.45) is 0 Å². The third-order valence-electron chi connectivity index (χ3n) is 2.63. The third kappa shape index (κ3) is 7.70. The van der Waals surface area contributed by atoms with Crippen LogP contribution in [0.25, 0.3) is 0 Å². The summed E-state index contributed by atoms with van der Waals surface area (Å²) in [6.07, 6.45) is 2.13. The van der Waals surface area contributed by atoms with Crippen LogP contribution in [-0.2, 0) is 19.3 Å². The van der Waals surface area contributed by atoms with Gasteiger partial charge >= 0.3 is 0 Å². The predicted molar refractivity (Wildman–Crippen MR) is 69.1 cm³/mol. The molecule has 104 valence electrons. The number of hydrogen-bond acceptors (Lipinski definition) is 5. The minimum atomic E-state index is -3.02. The van der Waals surface area contributed by atoms with Crippen molar-refractivity contribution in [3.63, 3.8) is 0 Å². The SMILES string of the molecule is COCCOCCCNCC(C)(C)S(C)(=O)=O. The van der Waals surface area contributed by atoms with E-state index in [0.29, 0.717) is 26.4 Å². The second-order valence-electron chi connectivity index (χ2n) is 4.67. The van der Waals surface area contributed by atoms with E-state index in [1.165, 1.54) is 6.26 Å². The second-order valence-corrected chi connectivity index (χ2v) is 7.32. The first-order valence-electron chi connectivity index (χ1n) is 5.78. The summed E-state index contributed by atoms with van der Waals surface area (Å²) in [6, 6.07) is 0. The largest absolute Gasteiger partial charge is 0.382 e. The third-order valence-corrected chi connectivity index (χ3v) is 4.78. The topological polar surface area (TPSA) is 64.6 Å². The Hall–Kier alpha value is -0.170. The normalized spacial score (nSPS) is 12.9. The van der Waals surface area contributed by atoms with E-state index in [-0.39, 0.29) is 0 Å². The maximum atomic E-state index is 11.4. The Bertz CT molecular complexity index is 288. The Morgan fingerprint density at radius 2 is 1.82 bits per heavy atom. The molecule has 0 saturated heterocycles. The molecule has 0 amide bonds. The fourth-order valence-corrected chi connectivity index (χ4v) is 1.43. The molecule has 17 heavy (non-hydrogen) atoms. The summed E-state index contributed by atoms with van der Waals surface area (Å²) >= 11 is 0. The Balaban J connectivity index is 3.52. The quantitative estimate of drug-likeness (QED) is 0.582. The van der Waals surface area contributed by atoms with Crippen molar-refractivity contribution >= 4 is 9.84 Å². The standard InChI is InChI=1S/C11H25NO4S/c1-11(2,17(4,13)14)10-12-6-5-7-16-9-8-15-3/h12H,5-10H2,1-4H3. The highest BCUT2D eigenvalue weighted by molar-refractivity contribution is 7.92. The molecule has 5 nitrogen and oxygen atoms in total. The van der Waals surface area contributed by atoms with E-state index < -0.39 is 14.6 Å². The Kier molecular flexibility index (Phi) is 7.94.